The number of anilines is 1. The highest BCUT2D eigenvalue weighted by atomic mass is 16.5. The molecule has 0 saturated heterocycles. The number of aromatic nitrogens is 3. The van der Waals surface area contributed by atoms with Gasteiger partial charge in [-0.1, -0.05) is 13.8 Å². The van der Waals surface area contributed by atoms with Gasteiger partial charge in [-0.05, 0) is 42.5 Å². The van der Waals surface area contributed by atoms with Crippen molar-refractivity contribution in [3.05, 3.63) is 41.7 Å². The summed E-state index contributed by atoms with van der Waals surface area (Å²) >= 11 is 0. The fourth-order valence-corrected chi connectivity index (χ4v) is 2.99. The van der Waals surface area contributed by atoms with E-state index in [9.17, 15) is 4.79 Å². The second kappa shape index (κ2) is 7.64. The van der Waals surface area contributed by atoms with Crippen molar-refractivity contribution in [3.63, 3.8) is 0 Å². The summed E-state index contributed by atoms with van der Waals surface area (Å²) in [4.78, 5) is 15.7. The third kappa shape index (κ3) is 4.07. The normalized spacial score (nSPS) is 11.3. The molecule has 0 aliphatic rings. The van der Waals surface area contributed by atoms with Crippen molar-refractivity contribution in [2.45, 2.75) is 33.1 Å². The molecule has 2 N–H and O–H groups in total. The molecule has 138 valence electrons. The average Bonchev–Trinajstić information content (AvgIpc) is 3.16. The lowest BCUT2D eigenvalue weighted by molar-refractivity contribution is -0.115. The number of benzene rings is 1. The topological polar surface area (TPSA) is 71.9 Å². The zero-order valence-corrected chi connectivity index (χ0v) is 15.8. The van der Waals surface area contributed by atoms with Crippen LogP contribution in [0.3, 0.4) is 0 Å². The number of carbonyl (C=O) groups excluding carboxylic acids is 1. The van der Waals surface area contributed by atoms with Gasteiger partial charge in [-0.15, -0.1) is 0 Å². The number of H-pyrrole nitrogens is 1. The van der Waals surface area contributed by atoms with E-state index in [1.807, 2.05) is 37.5 Å². The summed E-state index contributed by atoms with van der Waals surface area (Å²) in [6, 6.07) is 7.76. The smallest absolute Gasteiger partial charge is 0.230 e. The predicted molar refractivity (Wildman–Crippen MR) is 104 cm³/mol. The van der Waals surface area contributed by atoms with Crippen molar-refractivity contribution in [2.75, 3.05) is 12.4 Å². The van der Waals surface area contributed by atoms with Crippen molar-refractivity contribution < 1.29 is 9.53 Å². The number of ether oxygens (including phenoxy) is 1. The number of aryl methyl sites for hydroxylation is 2. The predicted octanol–water partition coefficient (Wildman–Crippen LogP) is 3.68. The van der Waals surface area contributed by atoms with Crippen molar-refractivity contribution in [3.8, 4) is 5.75 Å². The van der Waals surface area contributed by atoms with Gasteiger partial charge in [-0.25, -0.2) is 0 Å². The molecule has 0 saturated carbocycles. The number of nitrogens with zero attached hydrogens (tertiary/aromatic N) is 2. The van der Waals surface area contributed by atoms with Crippen LogP contribution in [0, 0.1) is 5.92 Å². The summed E-state index contributed by atoms with van der Waals surface area (Å²) in [7, 11) is 3.49. The quantitative estimate of drug-likeness (QED) is 0.680. The van der Waals surface area contributed by atoms with Crippen molar-refractivity contribution in [1.29, 1.82) is 0 Å². The summed E-state index contributed by atoms with van der Waals surface area (Å²) < 4.78 is 7.01. The zero-order valence-electron chi connectivity index (χ0n) is 15.8. The lowest BCUT2D eigenvalue weighted by atomic mass is 10.1. The molecule has 2 heterocycles. The maximum Gasteiger partial charge on any atom is 0.230 e. The lowest BCUT2D eigenvalue weighted by Gasteiger charge is -2.05. The number of aromatic amines is 1. The van der Waals surface area contributed by atoms with Crippen LogP contribution in [0.25, 0.3) is 10.9 Å². The molecule has 0 radical (unpaired) electrons. The molecule has 0 bridgehead atoms. The molecule has 1 amide bonds. The second-order valence-corrected chi connectivity index (χ2v) is 7.03. The molecule has 6 heteroatoms. The lowest BCUT2D eigenvalue weighted by Crippen LogP contribution is -2.16. The first-order valence-electron chi connectivity index (χ1n) is 8.93. The molecule has 0 aliphatic carbocycles. The highest BCUT2D eigenvalue weighted by molar-refractivity contribution is 5.95. The molecule has 0 atom stereocenters. The fourth-order valence-electron chi connectivity index (χ4n) is 2.99. The van der Waals surface area contributed by atoms with Crippen LogP contribution in [0.5, 0.6) is 5.75 Å². The van der Waals surface area contributed by atoms with E-state index < -0.39 is 0 Å². The minimum atomic E-state index is -0.0628. The first kappa shape index (κ1) is 18.0. The van der Waals surface area contributed by atoms with Crippen molar-refractivity contribution >= 4 is 22.6 Å². The second-order valence-electron chi connectivity index (χ2n) is 7.03. The monoisotopic (exact) mass is 354 g/mol. The molecule has 0 unspecified atom stereocenters. The first-order valence-corrected chi connectivity index (χ1v) is 8.93. The number of fused-ring (bicyclic) bond motifs is 1. The molecular formula is C20H26N4O2. The summed E-state index contributed by atoms with van der Waals surface area (Å²) in [6.45, 7) is 4.39. The van der Waals surface area contributed by atoms with Gasteiger partial charge < -0.3 is 15.0 Å². The third-order valence-corrected chi connectivity index (χ3v) is 4.50. The molecule has 0 aliphatic heterocycles. The van der Waals surface area contributed by atoms with Crippen LogP contribution in [0.1, 0.15) is 31.5 Å². The summed E-state index contributed by atoms with van der Waals surface area (Å²) in [5.74, 6) is 2.08. The number of hydrogen-bond acceptors (Lipinski definition) is 3. The standard InChI is InChI=1S/C20H26N4O2/c1-13(2)5-6-15-10-19(24(3)23-15)22-20(25)9-14-12-21-18-8-7-16(26-4)11-17(14)18/h7-8,10-13,21H,5-6,9H2,1-4H3,(H,22,25). The molecule has 0 fully saturated rings. The number of hydrogen-bond donors (Lipinski definition) is 2. The van der Waals surface area contributed by atoms with Gasteiger partial charge in [0.1, 0.15) is 11.6 Å². The van der Waals surface area contributed by atoms with Crippen LogP contribution < -0.4 is 10.1 Å². The van der Waals surface area contributed by atoms with E-state index in [1.165, 1.54) is 0 Å². The van der Waals surface area contributed by atoms with Gasteiger partial charge in [0.15, 0.2) is 0 Å². The average molecular weight is 354 g/mol. The molecular weight excluding hydrogens is 328 g/mol. The van der Waals surface area contributed by atoms with Gasteiger partial charge in [-0.2, -0.15) is 5.10 Å². The summed E-state index contributed by atoms with van der Waals surface area (Å²) in [6.07, 6.45) is 4.17. The number of carbonyl (C=O) groups is 1. The van der Waals surface area contributed by atoms with Crippen LogP contribution >= 0.6 is 0 Å². The van der Waals surface area contributed by atoms with E-state index in [4.69, 9.17) is 4.74 Å². The minimum absolute atomic E-state index is 0.0628. The van der Waals surface area contributed by atoms with E-state index in [-0.39, 0.29) is 5.91 Å². The molecule has 3 rings (SSSR count). The molecule has 3 aromatic rings. The Bertz CT molecular complexity index is 908. The zero-order chi connectivity index (χ0) is 18.7. The van der Waals surface area contributed by atoms with Gasteiger partial charge in [0.05, 0.1) is 19.2 Å². The van der Waals surface area contributed by atoms with Crippen molar-refractivity contribution in [1.82, 2.24) is 14.8 Å². The van der Waals surface area contributed by atoms with E-state index in [1.54, 1.807) is 11.8 Å². The molecule has 2 aromatic heterocycles. The van der Waals surface area contributed by atoms with Crippen LogP contribution in [-0.2, 0) is 24.7 Å². The Kier molecular flexibility index (Phi) is 5.30. The Balaban J connectivity index is 1.69. The Morgan fingerprint density at radius 2 is 2.15 bits per heavy atom. The molecule has 26 heavy (non-hydrogen) atoms. The highest BCUT2D eigenvalue weighted by Crippen LogP contribution is 2.24. The maximum atomic E-state index is 12.5. The SMILES string of the molecule is COc1ccc2[nH]cc(CC(=O)Nc3cc(CCC(C)C)nn3C)c2c1. The van der Waals surface area contributed by atoms with Gasteiger partial charge in [-0.3, -0.25) is 9.48 Å². The van der Waals surface area contributed by atoms with Gasteiger partial charge in [0.2, 0.25) is 5.91 Å². The van der Waals surface area contributed by atoms with E-state index in [0.29, 0.717) is 12.3 Å². The summed E-state index contributed by atoms with van der Waals surface area (Å²) in [5.41, 5.74) is 2.94. The molecule has 6 nitrogen and oxygen atoms in total. The van der Waals surface area contributed by atoms with E-state index in [0.717, 1.165) is 46.6 Å². The van der Waals surface area contributed by atoms with Crippen LogP contribution in [0.4, 0.5) is 5.82 Å². The third-order valence-electron chi connectivity index (χ3n) is 4.50. The maximum absolute atomic E-state index is 12.5. The number of rotatable bonds is 7. The Labute approximate surface area is 153 Å². The van der Waals surface area contributed by atoms with Crippen LogP contribution in [0.2, 0.25) is 0 Å². The highest BCUT2D eigenvalue weighted by Gasteiger charge is 2.13. The minimum Gasteiger partial charge on any atom is -0.497 e. The van der Waals surface area contributed by atoms with Gasteiger partial charge in [0, 0.05) is 30.2 Å². The number of methoxy groups -OCH3 is 1. The fraction of sp³-hybridized carbons (Fsp3) is 0.400. The number of nitrogens with one attached hydrogen (secondary N) is 2. The van der Waals surface area contributed by atoms with Gasteiger partial charge in [0.25, 0.3) is 0 Å². The van der Waals surface area contributed by atoms with E-state index in [2.05, 4.69) is 29.2 Å². The Morgan fingerprint density at radius 3 is 2.88 bits per heavy atom. The van der Waals surface area contributed by atoms with Crippen LogP contribution in [0.15, 0.2) is 30.5 Å². The number of amides is 1. The Morgan fingerprint density at radius 1 is 1.35 bits per heavy atom. The first-order chi connectivity index (χ1) is 12.5. The van der Waals surface area contributed by atoms with Crippen LogP contribution in [-0.4, -0.2) is 27.8 Å². The Hall–Kier alpha value is -2.76. The largest absolute Gasteiger partial charge is 0.497 e. The summed E-state index contributed by atoms with van der Waals surface area (Å²) in [5, 5.41) is 8.45. The molecule has 0 spiro atoms. The van der Waals surface area contributed by atoms with E-state index >= 15 is 0 Å². The van der Waals surface area contributed by atoms with Gasteiger partial charge >= 0.3 is 0 Å². The molecule has 1 aromatic carbocycles. The van der Waals surface area contributed by atoms with Crippen molar-refractivity contribution in [2.24, 2.45) is 13.0 Å².